The lowest BCUT2D eigenvalue weighted by Gasteiger charge is -2.16. The number of phenols is 1. The average Bonchev–Trinajstić information content (AvgIpc) is 3.11. The van der Waals surface area contributed by atoms with Crippen LogP contribution in [0.1, 0.15) is 50.8 Å². The van der Waals surface area contributed by atoms with Crippen LogP contribution in [-0.2, 0) is 0 Å². The zero-order valence-electron chi connectivity index (χ0n) is 16.7. The number of nitrogens with zero attached hydrogens (tertiary/aromatic N) is 4. The number of methoxy groups -OCH3 is 1. The van der Waals surface area contributed by atoms with E-state index < -0.39 is 0 Å². The van der Waals surface area contributed by atoms with Crippen LogP contribution in [-0.4, -0.2) is 32.4 Å². The van der Waals surface area contributed by atoms with Crippen LogP contribution in [0.2, 0.25) is 0 Å². The monoisotopic (exact) mass is 366 g/mol. The molecule has 142 valence electrons. The highest BCUT2D eigenvalue weighted by atomic mass is 16.5. The highest BCUT2D eigenvalue weighted by molar-refractivity contribution is 5.81. The van der Waals surface area contributed by atoms with Gasteiger partial charge in [-0.2, -0.15) is 0 Å². The van der Waals surface area contributed by atoms with E-state index in [-0.39, 0.29) is 11.8 Å². The van der Waals surface area contributed by atoms with Crippen LogP contribution in [0.15, 0.2) is 30.3 Å². The fourth-order valence-electron chi connectivity index (χ4n) is 3.16. The normalized spacial score (nSPS) is 11.4. The summed E-state index contributed by atoms with van der Waals surface area (Å²) >= 11 is 0. The molecule has 0 atom stereocenters. The Morgan fingerprint density at radius 1 is 1.00 bits per heavy atom. The molecule has 0 spiro atoms. The highest BCUT2D eigenvalue weighted by Gasteiger charge is 2.19. The SMILES string of the molecule is COc1ccc(C(C)C)cc1-c1cc(-c2nnnn2C(C)C)c(C)cc1O. The zero-order chi connectivity index (χ0) is 19.7. The number of aromatic hydroxyl groups is 1. The Bertz CT molecular complexity index is 961. The molecule has 0 bridgehead atoms. The van der Waals surface area contributed by atoms with Crippen LogP contribution in [0.4, 0.5) is 0 Å². The van der Waals surface area contributed by atoms with Crippen LogP contribution in [0.25, 0.3) is 22.5 Å². The summed E-state index contributed by atoms with van der Waals surface area (Å²) in [7, 11) is 1.64. The Kier molecular flexibility index (Phi) is 5.17. The molecule has 1 heterocycles. The van der Waals surface area contributed by atoms with Crippen LogP contribution < -0.4 is 4.74 Å². The smallest absolute Gasteiger partial charge is 0.182 e. The van der Waals surface area contributed by atoms with Gasteiger partial charge in [-0.3, -0.25) is 0 Å². The first-order valence-corrected chi connectivity index (χ1v) is 9.13. The minimum absolute atomic E-state index is 0.130. The molecule has 3 aromatic rings. The first-order valence-electron chi connectivity index (χ1n) is 9.13. The minimum atomic E-state index is 0.130. The molecule has 6 heteroatoms. The van der Waals surface area contributed by atoms with Crippen molar-refractivity contribution < 1.29 is 9.84 Å². The van der Waals surface area contributed by atoms with E-state index in [0.29, 0.717) is 23.1 Å². The van der Waals surface area contributed by atoms with Gasteiger partial charge in [-0.25, -0.2) is 4.68 Å². The molecule has 3 rings (SSSR count). The second-order valence-electron chi connectivity index (χ2n) is 7.34. The van der Waals surface area contributed by atoms with E-state index in [1.807, 2.05) is 32.9 Å². The third-order valence-electron chi connectivity index (χ3n) is 4.75. The molecular formula is C21H26N4O2. The molecular weight excluding hydrogens is 340 g/mol. The molecule has 0 amide bonds. The van der Waals surface area contributed by atoms with Crippen molar-refractivity contribution in [3.05, 3.63) is 41.5 Å². The first-order chi connectivity index (χ1) is 12.8. The summed E-state index contributed by atoms with van der Waals surface area (Å²) in [5.41, 5.74) is 4.53. The molecule has 0 aliphatic heterocycles. The van der Waals surface area contributed by atoms with Gasteiger partial charge < -0.3 is 9.84 Å². The number of hydrogen-bond acceptors (Lipinski definition) is 5. The number of ether oxygens (including phenoxy) is 1. The van der Waals surface area contributed by atoms with Gasteiger partial charge in [-0.15, -0.1) is 5.10 Å². The predicted octanol–water partition coefficient (Wildman–Crippen LogP) is 4.73. The fraction of sp³-hybridized carbons (Fsp3) is 0.381. The maximum Gasteiger partial charge on any atom is 0.182 e. The van der Waals surface area contributed by atoms with Gasteiger partial charge in [0.05, 0.1) is 13.2 Å². The Morgan fingerprint density at radius 2 is 1.74 bits per heavy atom. The molecule has 1 N–H and O–H groups in total. The molecule has 0 aliphatic carbocycles. The van der Waals surface area contributed by atoms with Crippen molar-refractivity contribution in [3.63, 3.8) is 0 Å². The summed E-state index contributed by atoms with van der Waals surface area (Å²) < 4.78 is 7.34. The molecule has 0 saturated heterocycles. The summed E-state index contributed by atoms with van der Waals surface area (Å²) in [4.78, 5) is 0. The van der Waals surface area contributed by atoms with Crippen molar-refractivity contribution >= 4 is 0 Å². The summed E-state index contributed by atoms with van der Waals surface area (Å²) in [6.07, 6.45) is 0. The second kappa shape index (κ2) is 7.39. The number of aromatic nitrogens is 4. The van der Waals surface area contributed by atoms with Gasteiger partial charge in [0.25, 0.3) is 0 Å². The Hall–Kier alpha value is -2.89. The molecule has 0 radical (unpaired) electrons. The minimum Gasteiger partial charge on any atom is -0.507 e. The maximum atomic E-state index is 10.7. The number of hydrogen-bond donors (Lipinski definition) is 1. The van der Waals surface area contributed by atoms with Crippen molar-refractivity contribution in [2.45, 2.75) is 46.6 Å². The molecule has 6 nitrogen and oxygen atoms in total. The van der Waals surface area contributed by atoms with Gasteiger partial charge in [0.2, 0.25) is 0 Å². The molecule has 0 fully saturated rings. The third-order valence-corrected chi connectivity index (χ3v) is 4.75. The van der Waals surface area contributed by atoms with E-state index in [2.05, 4.69) is 41.5 Å². The van der Waals surface area contributed by atoms with Gasteiger partial charge in [0, 0.05) is 16.7 Å². The van der Waals surface area contributed by atoms with E-state index in [1.165, 1.54) is 5.56 Å². The molecule has 0 aliphatic rings. The Balaban J connectivity index is 2.24. The third kappa shape index (κ3) is 3.52. The number of rotatable bonds is 5. The van der Waals surface area contributed by atoms with E-state index in [4.69, 9.17) is 4.74 Å². The standard InChI is InChI=1S/C21H26N4O2/c1-12(2)15-7-8-20(27-6)18(10-15)17-11-16(14(5)9-19(17)26)21-22-23-24-25(21)13(3)4/h7-13,26H,1-6H3. The quantitative estimate of drug-likeness (QED) is 0.706. The van der Waals surface area contributed by atoms with Crippen LogP contribution in [0.3, 0.4) is 0 Å². The highest BCUT2D eigenvalue weighted by Crippen LogP contribution is 2.41. The van der Waals surface area contributed by atoms with E-state index in [9.17, 15) is 5.11 Å². The number of tetrazole rings is 1. The molecule has 0 saturated carbocycles. The maximum absolute atomic E-state index is 10.7. The molecule has 27 heavy (non-hydrogen) atoms. The van der Waals surface area contributed by atoms with Crippen LogP contribution in [0, 0.1) is 6.92 Å². The first kappa shape index (κ1) is 18.9. The summed E-state index contributed by atoms with van der Waals surface area (Å²) in [6, 6.07) is 9.90. The largest absolute Gasteiger partial charge is 0.507 e. The van der Waals surface area contributed by atoms with Gasteiger partial charge in [0.15, 0.2) is 5.82 Å². The Labute approximate surface area is 159 Å². The van der Waals surface area contributed by atoms with E-state index in [0.717, 1.165) is 16.7 Å². The lowest BCUT2D eigenvalue weighted by molar-refractivity contribution is 0.415. The van der Waals surface area contributed by atoms with Crippen molar-refractivity contribution in [2.75, 3.05) is 7.11 Å². The summed E-state index contributed by atoms with van der Waals surface area (Å²) in [6.45, 7) is 10.3. The fourth-order valence-corrected chi connectivity index (χ4v) is 3.16. The number of benzene rings is 2. The Morgan fingerprint density at radius 3 is 2.37 bits per heavy atom. The van der Waals surface area contributed by atoms with Crippen molar-refractivity contribution in [1.29, 1.82) is 0 Å². The van der Waals surface area contributed by atoms with Crippen LogP contribution in [0.5, 0.6) is 11.5 Å². The van der Waals surface area contributed by atoms with Gasteiger partial charge in [0.1, 0.15) is 11.5 Å². The lowest BCUT2D eigenvalue weighted by atomic mass is 9.93. The van der Waals surface area contributed by atoms with Gasteiger partial charge in [-0.1, -0.05) is 19.9 Å². The second-order valence-corrected chi connectivity index (χ2v) is 7.34. The van der Waals surface area contributed by atoms with Crippen LogP contribution >= 0.6 is 0 Å². The summed E-state index contributed by atoms with van der Waals surface area (Å²) in [5.74, 6) is 1.98. The predicted molar refractivity (Wildman–Crippen MR) is 106 cm³/mol. The zero-order valence-corrected chi connectivity index (χ0v) is 16.7. The molecule has 2 aromatic carbocycles. The number of phenolic OH excluding ortho intramolecular Hbond substituents is 1. The van der Waals surface area contributed by atoms with Crippen molar-refractivity contribution in [1.82, 2.24) is 20.2 Å². The number of aryl methyl sites for hydroxylation is 1. The molecule has 0 unspecified atom stereocenters. The van der Waals surface area contributed by atoms with Gasteiger partial charge >= 0.3 is 0 Å². The topological polar surface area (TPSA) is 73.1 Å². The molecule has 1 aromatic heterocycles. The van der Waals surface area contributed by atoms with E-state index >= 15 is 0 Å². The van der Waals surface area contributed by atoms with Gasteiger partial charge in [-0.05, 0) is 72.5 Å². The summed E-state index contributed by atoms with van der Waals surface area (Å²) in [5, 5.41) is 22.8. The van der Waals surface area contributed by atoms with Crippen molar-refractivity contribution in [3.8, 4) is 34.0 Å². The average molecular weight is 366 g/mol. The lowest BCUT2D eigenvalue weighted by Crippen LogP contribution is -2.06. The van der Waals surface area contributed by atoms with E-state index in [1.54, 1.807) is 17.9 Å². The van der Waals surface area contributed by atoms with Crippen molar-refractivity contribution in [2.24, 2.45) is 0 Å².